The van der Waals surface area contributed by atoms with Gasteiger partial charge < -0.3 is 14.8 Å². The molecule has 0 saturated carbocycles. The lowest BCUT2D eigenvalue weighted by Gasteiger charge is -2.20. The van der Waals surface area contributed by atoms with E-state index in [4.69, 9.17) is 9.47 Å². The van der Waals surface area contributed by atoms with Gasteiger partial charge in [0.1, 0.15) is 5.75 Å². The molecule has 0 fully saturated rings. The number of esters is 1. The third kappa shape index (κ3) is 4.67. The maximum atomic E-state index is 12.6. The first-order chi connectivity index (χ1) is 13.1. The fourth-order valence-corrected chi connectivity index (χ4v) is 3.33. The van der Waals surface area contributed by atoms with Crippen LogP contribution in [0.5, 0.6) is 5.75 Å². The smallest absolute Gasteiger partial charge is 0.337 e. The van der Waals surface area contributed by atoms with Crippen LogP contribution in [0, 0.1) is 0 Å². The van der Waals surface area contributed by atoms with E-state index in [0.29, 0.717) is 17.7 Å². The Kier molecular flexibility index (Phi) is 6.12. The molecule has 0 saturated heterocycles. The average molecular weight is 367 g/mol. The molecule has 27 heavy (non-hydrogen) atoms. The second-order valence-electron chi connectivity index (χ2n) is 6.71. The summed E-state index contributed by atoms with van der Waals surface area (Å²) in [5.41, 5.74) is 3.62. The van der Waals surface area contributed by atoms with Crippen molar-refractivity contribution in [2.75, 3.05) is 12.4 Å². The monoisotopic (exact) mass is 367 g/mol. The second-order valence-corrected chi connectivity index (χ2v) is 6.71. The van der Waals surface area contributed by atoms with Crippen LogP contribution in [-0.2, 0) is 22.4 Å². The van der Waals surface area contributed by atoms with Crippen LogP contribution in [0.3, 0.4) is 0 Å². The maximum absolute atomic E-state index is 12.6. The first-order valence-electron chi connectivity index (χ1n) is 9.38. The first kappa shape index (κ1) is 19.0. The summed E-state index contributed by atoms with van der Waals surface area (Å²) in [5, 5.41) is 2.82. The van der Waals surface area contributed by atoms with Gasteiger partial charge in [-0.15, -0.1) is 0 Å². The predicted molar refractivity (Wildman–Crippen MR) is 104 cm³/mol. The van der Waals surface area contributed by atoms with Gasteiger partial charge in [-0.05, 0) is 73.6 Å². The zero-order valence-corrected chi connectivity index (χ0v) is 15.8. The summed E-state index contributed by atoms with van der Waals surface area (Å²) in [6.07, 6.45) is 4.55. The summed E-state index contributed by atoms with van der Waals surface area (Å²) in [6.45, 7) is 1.91. The van der Waals surface area contributed by atoms with Gasteiger partial charge in [0.2, 0.25) is 0 Å². The van der Waals surface area contributed by atoms with Gasteiger partial charge in [-0.2, -0.15) is 0 Å². The number of benzene rings is 2. The Bertz CT molecular complexity index is 831. The summed E-state index contributed by atoms with van der Waals surface area (Å²) >= 11 is 0. The van der Waals surface area contributed by atoms with Gasteiger partial charge >= 0.3 is 5.97 Å². The van der Waals surface area contributed by atoms with Crippen LogP contribution in [0.2, 0.25) is 0 Å². The van der Waals surface area contributed by atoms with Gasteiger partial charge in [-0.3, -0.25) is 4.79 Å². The third-order valence-corrected chi connectivity index (χ3v) is 4.81. The van der Waals surface area contributed by atoms with Crippen molar-refractivity contribution >= 4 is 17.6 Å². The molecule has 1 aliphatic rings. The standard InChI is InChI=1S/C22H25NO4/c1-3-20(27-19-12-11-15-7-4-5-8-16(15)14-19)21(24)23-18-10-6-9-17(13-18)22(25)26-2/h6,9-14,20H,3-5,7-8H2,1-2H3,(H,23,24)/t20-/m0/s1. The van der Waals surface area contributed by atoms with Crippen molar-refractivity contribution < 1.29 is 19.1 Å². The number of ether oxygens (including phenoxy) is 2. The van der Waals surface area contributed by atoms with Gasteiger partial charge in [-0.1, -0.05) is 19.1 Å². The number of anilines is 1. The number of rotatable bonds is 6. The molecular formula is C22H25NO4. The lowest BCUT2D eigenvalue weighted by Crippen LogP contribution is -2.32. The number of amides is 1. The fraction of sp³-hybridized carbons (Fsp3) is 0.364. The summed E-state index contributed by atoms with van der Waals surface area (Å²) < 4.78 is 10.7. The van der Waals surface area contributed by atoms with Crippen LogP contribution < -0.4 is 10.1 Å². The van der Waals surface area contributed by atoms with Crippen molar-refractivity contribution in [3.63, 3.8) is 0 Å². The number of nitrogens with one attached hydrogen (secondary N) is 1. The van der Waals surface area contributed by atoms with Crippen molar-refractivity contribution in [2.45, 2.75) is 45.1 Å². The molecule has 3 rings (SSSR count). The summed E-state index contributed by atoms with van der Waals surface area (Å²) in [4.78, 5) is 24.3. The van der Waals surface area contributed by atoms with Crippen LogP contribution >= 0.6 is 0 Å². The topological polar surface area (TPSA) is 64.6 Å². The van der Waals surface area contributed by atoms with Gasteiger partial charge in [-0.25, -0.2) is 4.79 Å². The molecule has 1 N–H and O–H groups in total. The molecule has 0 unspecified atom stereocenters. The zero-order chi connectivity index (χ0) is 19.2. The quantitative estimate of drug-likeness (QED) is 0.779. The number of fused-ring (bicyclic) bond motifs is 1. The Hall–Kier alpha value is -2.82. The maximum Gasteiger partial charge on any atom is 0.337 e. The van der Waals surface area contributed by atoms with Crippen molar-refractivity contribution in [3.8, 4) is 5.75 Å². The van der Waals surface area contributed by atoms with E-state index in [1.807, 2.05) is 13.0 Å². The molecule has 2 aromatic carbocycles. The second kappa shape index (κ2) is 8.71. The first-order valence-corrected chi connectivity index (χ1v) is 9.38. The Morgan fingerprint density at radius 1 is 1.07 bits per heavy atom. The summed E-state index contributed by atoms with van der Waals surface area (Å²) in [5.74, 6) is 0.0432. The molecule has 2 aromatic rings. The highest BCUT2D eigenvalue weighted by Crippen LogP contribution is 2.26. The molecule has 142 valence electrons. The van der Waals surface area contributed by atoms with Crippen LogP contribution in [0.4, 0.5) is 5.69 Å². The highest BCUT2D eigenvalue weighted by atomic mass is 16.5. The van der Waals surface area contributed by atoms with E-state index in [2.05, 4.69) is 17.4 Å². The minimum atomic E-state index is -0.603. The molecular weight excluding hydrogens is 342 g/mol. The Morgan fingerprint density at radius 3 is 2.59 bits per heavy atom. The van der Waals surface area contributed by atoms with E-state index in [0.717, 1.165) is 18.6 Å². The van der Waals surface area contributed by atoms with Crippen LogP contribution in [0.25, 0.3) is 0 Å². The van der Waals surface area contributed by atoms with Crippen LogP contribution in [0.15, 0.2) is 42.5 Å². The summed E-state index contributed by atoms with van der Waals surface area (Å²) in [6, 6.07) is 12.8. The molecule has 0 spiro atoms. The van der Waals surface area contributed by atoms with E-state index in [9.17, 15) is 9.59 Å². The number of aryl methyl sites for hydroxylation is 2. The average Bonchev–Trinajstić information content (AvgIpc) is 2.71. The van der Waals surface area contributed by atoms with E-state index in [1.165, 1.54) is 31.1 Å². The molecule has 0 heterocycles. The van der Waals surface area contributed by atoms with Crippen molar-refractivity contribution in [3.05, 3.63) is 59.2 Å². The Labute approximate surface area is 159 Å². The van der Waals surface area contributed by atoms with Gasteiger partial charge in [0.25, 0.3) is 5.91 Å². The predicted octanol–water partition coefficient (Wildman–Crippen LogP) is 4.15. The minimum Gasteiger partial charge on any atom is -0.481 e. The molecule has 5 nitrogen and oxygen atoms in total. The van der Waals surface area contributed by atoms with E-state index in [1.54, 1.807) is 24.3 Å². The number of methoxy groups -OCH3 is 1. The van der Waals surface area contributed by atoms with Crippen LogP contribution in [-0.4, -0.2) is 25.1 Å². The van der Waals surface area contributed by atoms with Crippen molar-refractivity contribution in [1.29, 1.82) is 0 Å². The van der Waals surface area contributed by atoms with Gasteiger partial charge in [0.05, 0.1) is 12.7 Å². The number of hydrogen-bond donors (Lipinski definition) is 1. The molecule has 5 heteroatoms. The molecule has 0 aromatic heterocycles. The highest BCUT2D eigenvalue weighted by molar-refractivity contribution is 5.96. The largest absolute Gasteiger partial charge is 0.481 e. The van der Waals surface area contributed by atoms with Gasteiger partial charge in [0, 0.05) is 5.69 Å². The molecule has 1 atom stereocenters. The third-order valence-electron chi connectivity index (χ3n) is 4.81. The molecule has 1 aliphatic carbocycles. The van der Waals surface area contributed by atoms with Crippen LogP contribution in [0.1, 0.15) is 47.7 Å². The zero-order valence-electron chi connectivity index (χ0n) is 15.8. The van der Waals surface area contributed by atoms with Crippen molar-refractivity contribution in [1.82, 2.24) is 0 Å². The number of hydrogen-bond acceptors (Lipinski definition) is 4. The van der Waals surface area contributed by atoms with E-state index < -0.39 is 12.1 Å². The van der Waals surface area contributed by atoms with Crippen molar-refractivity contribution in [2.24, 2.45) is 0 Å². The van der Waals surface area contributed by atoms with E-state index >= 15 is 0 Å². The lowest BCUT2D eigenvalue weighted by molar-refractivity contribution is -0.122. The SMILES string of the molecule is CC[C@H](Oc1ccc2c(c1)CCCC2)C(=O)Nc1cccc(C(=O)OC)c1. The lowest BCUT2D eigenvalue weighted by atomic mass is 9.92. The Balaban J connectivity index is 1.68. The van der Waals surface area contributed by atoms with E-state index in [-0.39, 0.29) is 5.91 Å². The number of carbonyl (C=O) groups is 2. The Morgan fingerprint density at radius 2 is 1.85 bits per heavy atom. The molecule has 0 aliphatic heterocycles. The van der Waals surface area contributed by atoms with Gasteiger partial charge in [0.15, 0.2) is 6.10 Å². The molecule has 0 radical (unpaired) electrons. The molecule has 1 amide bonds. The fourth-order valence-electron chi connectivity index (χ4n) is 3.33. The minimum absolute atomic E-state index is 0.239. The number of carbonyl (C=O) groups excluding carboxylic acids is 2. The normalized spacial score (nSPS) is 14.0. The summed E-state index contributed by atoms with van der Waals surface area (Å²) in [7, 11) is 1.33. The highest BCUT2D eigenvalue weighted by Gasteiger charge is 2.20. The molecule has 0 bridgehead atoms.